The number of piperidine rings is 1. The van der Waals surface area contributed by atoms with E-state index in [4.69, 9.17) is 14.2 Å². The summed E-state index contributed by atoms with van der Waals surface area (Å²) in [6.45, 7) is 15.3. The molecule has 0 aromatic carbocycles. The molecule has 2 saturated heterocycles. The Morgan fingerprint density at radius 3 is 2.14 bits per heavy atom. The number of rotatable bonds is 2. The van der Waals surface area contributed by atoms with Crippen LogP contribution in [0.25, 0.3) is 0 Å². The molecule has 0 aromatic rings. The van der Waals surface area contributed by atoms with Crippen LogP contribution in [-0.4, -0.2) is 63.6 Å². The first-order valence-electron chi connectivity index (χ1n) is 9.90. The van der Waals surface area contributed by atoms with Gasteiger partial charge in [0, 0.05) is 0 Å². The monoisotopic (exact) mass is 650 g/mol. The van der Waals surface area contributed by atoms with Crippen LogP contribution in [0.1, 0.15) is 61.8 Å². The molecular weight excluding hydrogens is 617 g/mol. The van der Waals surface area contributed by atoms with Crippen molar-refractivity contribution in [3.8, 4) is 0 Å². The topological polar surface area (TPSA) is 68.3 Å². The number of ether oxygens (including phenoxy) is 3. The van der Waals surface area contributed by atoms with Gasteiger partial charge >= 0.3 is 187 Å². The van der Waals surface area contributed by atoms with Crippen LogP contribution in [0.4, 0.5) is 9.59 Å². The number of carbonyl (C=O) groups excluding carboxylic acids is 2. The average molecular weight is 650 g/mol. The zero-order valence-electron chi connectivity index (χ0n) is 18.4. The molecule has 2 amide bonds. The van der Waals surface area contributed by atoms with Crippen LogP contribution < -0.4 is 0 Å². The van der Waals surface area contributed by atoms with Crippen molar-refractivity contribution in [3.63, 3.8) is 0 Å². The Bertz CT molecular complexity index is 602. The summed E-state index contributed by atoms with van der Waals surface area (Å²) in [5.41, 5.74) is -1.95. The van der Waals surface area contributed by atoms with E-state index in [1.54, 1.807) is 9.80 Å². The number of nitrogens with zero attached hydrogens (tertiary/aromatic N) is 2. The Morgan fingerprint density at radius 1 is 1.11 bits per heavy atom. The van der Waals surface area contributed by atoms with Gasteiger partial charge < -0.3 is 0 Å². The molecule has 7 nitrogen and oxygen atoms in total. The first kappa shape index (κ1) is 24.2. The van der Waals surface area contributed by atoms with Gasteiger partial charge in [-0.05, 0) is 0 Å². The second kappa shape index (κ2) is 8.57. The zero-order chi connectivity index (χ0) is 21.5. The first-order valence-corrected chi connectivity index (χ1v) is 25.7. The number of hydrogen-bond donors (Lipinski definition) is 0. The standard InChI is InChI=1S/C19H33N2O5.BrH.Hg/c1-12-10-14-13(11-20(12)15(22)25-17(2,3)4)21(19(8,9)24-14)16(23)26-18(5,6)7;;/h12-14H,1,10-11H2,2-9H3;1H;/q;;+1/p-1/t12-,13-,14+;;/m1../s1. The molecule has 2 fully saturated rings. The number of carbonyl (C=O) groups is 2. The molecule has 2 aliphatic heterocycles. The summed E-state index contributed by atoms with van der Waals surface area (Å²) in [5.74, 6) is 0. The van der Waals surface area contributed by atoms with Crippen molar-refractivity contribution in [2.75, 3.05) is 6.54 Å². The molecule has 0 aromatic heterocycles. The summed E-state index contributed by atoms with van der Waals surface area (Å²) in [6.07, 6.45) is -0.135. The van der Waals surface area contributed by atoms with Gasteiger partial charge in [0.15, 0.2) is 0 Å². The maximum atomic E-state index is 12.9. The van der Waals surface area contributed by atoms with Gasteiger partial charge in [0.25, 0.3) is 0 Å². The molecule has 2 rings (SSSR count). The Kier molecular flexibility index (Phi) is 7.41. The molecule has 0 spiro atoms. The van der Waals surface area contributed by atoms with Gasteiger partial charge in [-0.1, -0.05) is 0 Å². The molecular formula is C19H33BrHgN2O5. The van der Waals surface area contributed by atoms with Crippen molar-refractivity contribution in [1.82, 2.24) is 9.80 Å². The molecule has 0 aliphatic carbocycles. The maximum absolute atomic E-state index is 12.9. The third-order valence-electron chi connectivity index (χ3n) is 4.77. The third kappa shape index (κ3) is 5.97. The van der Waals surface area contributed by atoms with Gasteiger partial charge in [-0.3, -0.25) is 0 Å². The molecule has 158 valence electrons. The number of fused-ring (bicyclic) bond motifs is 1. The molecule has 3 atom stereocenters. The first-order chi connectivity index (χ1) is 12.6. The van der Waals surface area contributed by atoms with Gasteiger partial charge in [-0.15, -0.1) is 0 Å². The molecule has 2 heterocycles. The Hall–Kier alpha value is -0.0849. The predicted octanol–water partition coefficient (Wildman–Crippen LogP) is 4.55. The van der Waals surface area contributed by atoms with Crippen LogP contribution in [0.2, 0.25) is 3.93 Å². The number of likely N-dealkylation sites (tertiary alicyclic amines) is 1. The van der Waals surface area contributed by atoms with Crippen molar-refractivity contribution in [2.45, 2.75) is 101 Å². The minimum atomic E-state index is -1.17. The summed E-state index contributed by atoms with van der Waals surface area (Å²) in [7, 11) is 0. The molecule has 0 unspecified atom stereocenters. The van der Waals surface area contributed by atoms with Crippen LogP contribution in [0.3, 0.4) is 0 Å². The number of halogens is 1. The van der Waals surface area contributed by atoms with Crippen LogP contribution in [0.15, 0.2) is 0 Å². The van der Waals surface area contributed by atoms with Gasteiger partial charge in [0.2, 0.25) is 0 Å². The van der Waals surface area contributed by atoms with E-state index in [1.165, 1.54) is 0 Å². The molecule has 2 aliphatic rings. The molecule has 9 heteroatoms. The summed E-state index contributed by atoms with van der Waals surface area (Å²) in [6, 6.07) is -0.160. The van der Waals surface area contributed by atoms with Crippen LogP contribution in [0.5, 0.6) is 0 Å². The second-order valence-electron chi connectivity index (χ2n) is 10.0. The Balaban J connectivity index is 2.28. The Labute approximate surface area is 186 Å². The second-order valence-corrected chi connectivity index (χ2v) is 20.7. The third-order valence-corrected chi connectivity index (χ3v) is 12.2. The predicted molar refractivity (Wildman–Crippen MR) is 106 cm³/mol. The van der Waals surface area contributed by atoms with Gasteiger partial charge in [-0.25, -0.2) is 0 Å². The minimum absolute atomic E-state index is 0.0894. The summed E-state index contributed by atoms with van der Waals surface area (Å²) >= 11 is 2.54. The molecule has 0 saturated carbocycles. The van der Waals surface area contributed by atoms with E-state index < -0.39 is 45.2 Å². The number of amides is 2. The zero-order valence-corrected chi connectivity index (χ0v) is 25.5. The summed E-state index contributed by atoms with van der Waals surface area (Å²) in [5, 5.41) is 0. The fraction of sp³-hybridized carbons (Fsp3) is 0.895. The van der Waals surface area contributed by atoms with E-state index in [-0.39, 0.29) is 24.3 Å². The molecule has 0 radical (unpaired) electrons. The van der Waals surface area contributed by atoms with E-state index in [9.17, 15) is 9.59 Å². The van der Waals surface area contributed by atoms with Crippen molar-refractivity contribution in [3.05, 3.63) is 0 Å². The molecule has 0 bridgehead atoms. The van der Waals surface area contributed by atoms with Crippen molar-refractivity contribution in [2.24, 2.45) is 0 Å². The molecule has 0 N–H and O–H groups in total. The summed E-state index contributed by atoms with van der Waals surface area (Å²) in [4.78, 5) is 29.3. The van der Waals surface area contributed by atoms with Gasteiger partial charge in [0.05, 0.1) is 0 Å². The normalized spacial score (nSPS) is 27.1. The van der Waals surface area contributed by atoms with E-state index in [2.05, 4.69) is 11.9 Å². The quantitative estimate of drug-likeness (QED) is 0.411. The molecule has 28 heavy (non-hydrogen) atoms. The average Bonchev–Trinajstić information content (AvgIpc) is 2.71. The van der Waals surface area contributed by atoms with Crippen molar-refractivity contribution >= 4 is 24.1 Å². The van der Waals surface area contributed by atoms with E-state index in [1.807, 2.05) is 55.4 Å². The van der Waals surface area contributed by atoms with Gasteiger partial charge in [0.1, 0.15) is 0 Å². The van der Waals surface area contributed by atoms with Gasteiger partial charge in [-0.2, -0.15) is 0 Å². The van der Waals surface area contributed by atoms with E-state index in [0.717, 1.165) is 3.93 Å². The SMILES string of the molecule is CC(C)(C)OC(=O)N1C[C@@H]2[C@H](C[C@H]1[CH2][Hg][Br])OC(C)(C)N2C(=O)OC(C)(C)C. The van der Waals surface area contributed by atoms with E-state index >= 15 is 0 Å². The van der Waals surface area contributed by atoms with E-state index in [0.29, 0.717) is 13.0 Å². The van der Waals surface area contributed by atoms with Crippen LogP contribution in [0, 0.1) is 0 Å². The van der Waals surface area contributed by atoms with Crippen molar-refractivity contribution in [1.29, 1.82) is 0 Å². The van der Waals surface area contributed by atoms with Crippen LogP contribution >= 0.6 is 11.9 Å². The number of hydrogen-bond acceptors (Lipinski definition) is 5. The Morgan fingerprint density at radius 2 is 1.64 bits per heavy atom. The van der Waals surface area contributed by atoms with Crippen LogP contribution in [-0.2, 0) is 36.4 Å². The summed E-state index contributed by atoms with van der Waals surface area (Å²) < 4.78 is 18.6. The fourth-order valence-electron chi connectivity index (χ4n) is 3.83. The fourth-order valence-corrected chi connectivity index (χ4v) is 11.6. The van der Waals surface area contributed by atoms with Crippen molar-refractivity contribution < 1.29 is 45.9 Å².